The van der Waals surface area contributed by atoms with Crippen molar-refractivity contribution in [1.29, 1.82) is 0 Å². The molecule has 0 radical (unpaired) electrons. The van der Waals surface area contributed by atoms with E-state index in [-0.39, 0.29) is 24.1 Å². The van der Waals surface area contributed by atoms with Crippen LogP contribution in [0, 0.1) is 0 Å². The molecule has 4 N–H and O–H groups in total. The summed E-state index contributed by atoms with van der Waals surface area (Å²) in [6, 6.07) is 16.9. The van der Waals surface area contributed by atoms with E-state index in [1.165, 1.54) is 12.1 Å². The molecule has 2 aliphatic rings. The van der Waals surface area contributed by atoms with E-state index in [4.69, 9.17) is 14.6 Å². The largest absolute Gasteiger partial charge is 0.454 e. The fourth-order valence-corrected chi connectivity index (χ4v) is 5.10. The Morgan fingerprint density at radius 3 is 2.53 bits per heavy atom. The van der Waals surface area contributed by atoms with Crippen LogP contribution in [0.2, 0.25) is 0 Å². The highest BCUT2D eigenvalue weighted by Gasteiger charge is 2.51. The third-order valence-electron chi connectivity index (χ3n) is 6.28. The van der Waals surface area contributed by atoms with Gasteiger partial charge in [-0.3, -0.25) is 4.79 Å². The number of benzene rings is 2. The Morgan fingerprint density at radius 2 is 1.81 bits per heavy atom. The average molecular weight is 512 g/mol. The summed E-state index contributed by atoms with van der Waals surface area (Å²) in [7, 11) is -3.84. The number of sulfonamides is 1. The zero-order valence-electron chi connectivity index (χ0n) is 19.2. The van der Waals surface area contributed by atoms with Crippen molar-refractivity contribution in [3.8, 4) is 22.8 Å². The van der Waals surface area contributed by atoms with Crippen LogP contribution in [0.1, 0.15) is 18.4 Å². The van der Waals surface area contributed by atoms with E-state index in [0.717, 1.165) is 18.4 Å². The molecule has 2 aromatic carbocycles. The van der Waals surface area contributed by atoms with E-state index in [1.807, 2.05) is 18.2 Å². The number of aliphatic hydroxyl groups is 2. The van der Waals surface area contributed by atoms with Crippen LogP contribution in [0.5, 0.6) is 11.5 Å². The van der Waals surface area contributed by atoms with Crippen molar-refractivity contribution in [2.24, 2.45) is 0 Å². The van der Waals surface area contributed by atoms with Crippen LogP contribution in [0.3, 0.4) is 0 Å². The van der Waals surface area contributed by atoms with Gasteiger partial charge in [-0.2, -0.15) is 0 Å². The Bertz CT molecular complexity index is 1390. The molecule has 0 spiro atoms. The lowest BCUT2D eigenvalue weighted by Crippen LogP contribution is -2.33. The van der Waals surface area contributed by atoms with E-state index >= 15 is 0 Å². The lowest BCUT2D eigenvalue weighted by molar-refractivity contribution is -0.118. The zero-order chi connectivity index (χ0) is 25.3. The molecule has 36 heavy (non-hydrogen) atoms. The van der Waals surface area contributed by atoms with Crippen LogP contribution in [-0.4, -0.2) is 55.6 Å². The van der Waals surface area contributed by atoms with Gasteiger partial charge in [0.1, 0.15) is 5.82 Å². The van der Waals surface area contributed by atoms with Crippen molar-refractivity contribution < 1.29 is 32.9 Å². The third kappa shape index (κ3) is 4.78. The number of anilines is 1. The van der Waals surface area contributed by atoms with E-state index in [2.05, 4.69) is 15.0 Å². The molecule has 1 amide bonds. The van der Waals surface area contributed by atoms with Crippen LogP contribution in [0.15, 0.2) is 65.6 Å². The molecule has 10 nitrogen and oxygen atoms in total. The Kier molecular flexibility index (Phi) is 6.39. The fourth-order valence-electron chi connectivity index (χ4n) is 4.03. The van der Waals surface area contributed by atoms with Crippen LogP contribution < -0.4 is 19.5 Å². The summed E-state index contributed by atoms with van der Waals surface area (Å²) in [5, 5.41) is 21.2. The maximum atomic E-state index is 13.2. The van der Waals surface area contributed by atoms with Crippen molar-refractivity contribution in [1.82, 2.24) is 9.71 Å². The quantitative estimate of drug-likeness (QED) is 0.340. The molecule has 1 aromatic heterocycles. The summed E-state index contributed by atoms with van der Waals surface area (Å²) in [6.45, 7) is -0.666. The van der Waals surface area contributed by atoms with Gasteiger partial charge in [0, 0.05) is 12.1 Å². The van der Waals surface area contributed by atoms with Gasteiger partial charge in [-0.05, 0) is 54.8 Å². The van der Waals surface area contributed by atoms with Gasteiger partial charge in [0.2, 0.25) is 22.7 Å². The number of aliphatic hydroxyl groups excluding tert-OH is 2. The molecule has 1 saturated carbocycles. The number of hydrogen-bond acceptors (Lipinski definition) is 8. The standard InChI is InChI=1S/C25H25N3O7S/c29-14-18(30)13-26-36(32,33)19-7-4-16(5-8-19)20-2-1-3-23(27-20)28-24(31)25(10-11-25)17-6-9-21-22(12-17)35-15-34-21/h1-9,12,18,26,29-30H,10-11,13-15H2,(H,27,28,31). The lowest BCUT2D eigenvalue weighted by Gasteiger charge is -2.16. The number of fused-ring (bicyclic) bond motifs is 1. The van der Waals surface area contributed by atoms with Gasteiger partial charge >= 0.3 is 0 Å². The number of rotatable bonds is 9. The van der Waals surface area contributed by atoms with Crippen LogP contribution >= 0.6 is 0 Å². The Balaban J connectivity index is 1.29. The first-order valence-electron chi connectivity index (χ1n) is 11.4. The van der Waals surface area contributed by atoms with Gasteiger partial charge in [-0.25, -0.2) is 18.1 Å². The number of nitrogens with zero attached hydrogens (tertiary/aromatic N) is 1. The van der Waals surface area contributed by atoms with Gasteiger partial charge in [0.05, 0.1) is 28.7 Å². The topological polar surface area (TPSA) is 147 Å². The van der Waals surface area contributed by atoms with Gasteiger partial charge in [-0.1, -0.05) is 24.3 Å². The molecule has 5 rings (SSSR count). The molecule has 1 fully saturated rings. The Hall–Kier alpha value is -3.51. The summed E-state index contributed by atoms with van der Waals surface area (Å²) in [6.07, 6.45) is 0.260. The minimum Gasteiger partial charge on any atom is -0.454 e. The van der Waals surface area contributed by atoms with Gasteiger partial charge in [0.25, 0.3) is 0 Å². The first-order valence-corrected chi connectivity index (χ1v) is 12.9. The average Bonchev–Trinajstić information content (AvgIpc) is 3.58. The number of ether oxygens (including phenoxy) is 2. The smallest absolute Gasteiger partial charge is 0.240 e. The predicted molar refractivity (Wildman–Crippen MR) is 130 cm³/mol. The number of pyridine rings is 1. The minimum absolute atomic E-state index is 0.0141. The van der Waals surface area contributed by atoms with E-state index in [1.54, 1.807) is 30.3 Å². The molecule has 11 heteroatoms. The second-order valence-electron chi connectivity index (χ2n) is 8.73. The predicted octanol–water partition coefficient (Wildman–Crippen LogP) is 1.78. The molecule has 1 aliphatic carbocycles. The van der Waals surface area contributed by atoms with Crippen LogP contribution in [-0.2, 0) is 20.2 Å². The SMILES string of the molecule is O=C(Nc1cccc(-c2ccc(S(=O)(=O)NCC(O)CO)cc2)n1)C1(c2ccc3c(c2)OCO3)CC1. The van der Waals surface area contributed by atoms with Crippen molar-refractivity contribution >= 4 is 21.7 Å². The third-order valence-corrected chi connectivity index (χ3v) is 7.72. The summed E-state index contributed by atoms with van der Waals surface area (Å²) in [4.78, 5) is 17.8. The molecule has 188 valence electrons. The summed E-state index contributed by atoms with van der Waals surface area (Å²) in [5.41, 5.74) is 1.47. The van der Waals surface area contributed by atoms with E-state index < -0.39 is 28.1 Å². The maximum absolute atomic E-state index is 13.2. The monoisotopic (exact) mass is 511 g/mol. The van der Waals surface area contributed by atoms with Crippen molar-refractivity contribution in [2.75, 3.05) is 25.3 Å². The van der Waals surface area contributed by atoms with Gasteiger partial charge in [0.15, 0.2) is 11.5 Å². The number of amides is 1. The highest BCUT2D eigenvalue weighted by Crippen LogP contribution is 2.51. The second-order valence-corrected chi connectivity index (χ2v) is 10.5. The minimum atomic E-state index is -3.84. The molecular formula is C25H25N3O7S. The first kappa shape index (κ1) is 24.2. The summed E-state index contributed by atoms with van der Waals surface area (Å²) >= 11 is 0. The van der Waals surface area contributed by atoms with E-state index in [0.29, 0.717) is 28.6 Å². The van der Waals surface area contributed by atoms with Crippen LogP contribution in [0.4, 0.5) is 5.82 Å². The lowest BCUT2D eigenvalue weighted by atomic mass is 9.94. The fraction of sp³-hybridized carbons (Fsp3) is 0.280. The maximum Gasteiger partial charge on any atom is 0.240 e. The second kappa shape index (κ2) is 9.51. The molecule has 1 aliphatic heterocycles. The highest BCUT2D eigenvalue weighted by atomic mass is 32.2. The van der Waals surface area contributed by atoms with Crippen molar-refractivity contribution in [2.45, 2.75) is 29.3 Å². The summed E-state index contributed by atoms with van der Waals surface area (Å²) < 4.78 is 37.8. The molecule has 1 atom stereocenters. The van der Waals surface area contributed by atoms with Gasteiger partial charge in [-0.15, -0.1) is 0 Å². The molecule has 0 saturated heterocycles. The number of carbonyl (C=O) groups is 1. The Labute approximate surface area is 208 Å². The molecule has 3 aromatic rings. The van der Waals surface area contributed by atoms with Crippen LogP contribution in [0.25, 0.3) is 11.3 Å². The normalized spacial score (nSPS) is 16.4. The number of aromatic nitrogens is 1. The molecule has 2 heterocycles. The first-order chi connectivity index (χ1) is 17.3. The zero-order valence-corrected chi connectivity index (χ0v) is 20.0. The number of carbonyl (C=O) groups excluding carboxylic acids is 1. The Morgan fingerprint density at radius 1 is 1.06 bits per heavy atom. The van der Waals surface area contributed by atoms with Gasteiger partial charge < -0.3 is 25.0 Å². The van der Waals surface area contributed by atoms with E-state index in [9.17, 15) is 18.3 Å². The number of nitrogens with one attached hydrogen (secondary N) is 2. The summed E-state index contributed by atoms with van der Waals surface area (Å²) in [5.74, 6) is 1.54. The van der Waals surface area contributed by atoms with Crippen molar-refractivity contribution in [3.63, 3.8) is 0 Å². The molecule has 1 unspecified atom stereocenters. The molecule has 0 bridgehead atoms. The number of hydrogen-bond donors (Lipinski definition) is 4. The highest BCUT2D eigenvalue weighted by molar-refractivity contribution is 7.89. The molecular weight excluding hydrogens is 486 g/mol. The van der Waals surface area contributed by atoms with Crippen molar-refractivity contribution in [3.05, 3.63) is 66.2 Å².